The predicted octanol–water partition coefficient (Wildman–Crippen LogP) is 5.12. The number of nitrogens with one attached hydrogen (secondary N) is 1. The van der Waals surface area contributed by atoms with Gasteiger partial charge in [0.15, 0.2) is 0 Å². The number of para-hydroxylation sites is 1. The topological polar surface area (TPSA) is 58.6 Å². The molecule has 0 aromatic heterocycles. The van der Waals surface area contributed by atoms with Gasteiger partial charge in [-0.15, -0.1) is 0 Å². The lowest BCUT2D eigenvalue weighted by Crippen LogP contribution is -2.49. The maximum Gasteiger partial charge on any atom is 0.265 e. The minimum absolute atomic E-state index is 0.0218. The molecule has 32 heavy (non-hydrogen) atoms. The Kier molecular flexibility index (Phi) is 6.89. The molecule has 1 N–H and O–H groups in total. The highest BCUT2D eigenvalue weighted by atomic mass is 32.2. The minimum atomic E-state index is -0.148. The lowest BCUT2D eigenvalue weighted by atomic mass is 9.78. The van der Waals surface area contributed by atoms with Gasteiger partial charge in [0.1, 0.15) is 12.3 Å². The van der Waals surface area contributed by atoms with Crippen molar-refractivity contribution in [2.75, 3.05) is 18.6 Å². The highest BCUT2D eigenvalue weighted by Gasteiger charge is 2.32. The molecule has 1 heterocycles. The van der Waals surface area contributed by atoms with Gasteiger partial charge in [-0.1, -0.05) is 62.7 Å². The zero-order chi connectivity index (χ0) is 22.7. The Morgan fingerprint density at radius 2 is 1.91 bits per heavy atom. The number of ether oxygens (including phenoxy) is 1. The van der Waals surface area contributed by atoms with Crippen LogP contribution < -0.4 is 15.0 Å². The maximum absolute atomic E-state index is 13.4. The SMILES string of the molecule is COc1ccc(/C=C2\Sc3ccccc3N(CC(=O)N[C@@H]3CCC[C@@H](C)[C@@H]3C)C2=O)cc1. The summed E-state index contributed by atoms with van der Waals surface area (Å²) in [6, 6.07) is 15.5. The standard InChI is InChI=1S/C26H30N2O3S/c1-17-7-6-8-21(18(17)2)27-25(29)16-28-22-9-4-5-10-23(22)32-24(26(28)30)15-19-11-13-20(31-3)14-12-19/h4-5,9-15,17-18,21H,6-8,16H2,1-3H3,(H,27,29)/b24-15-/t17-,18+,21-/m1/s1. The van der Waals surface area contributed by atoms with Crippen LogP contribution in [0.2, 0.25) is 0 Å². The van der Waals surface area contributed by atoms with Crippen LogP contribution in [0.1, 0.15) is 38.7 Å². The molecule has 168 valence electrons. The number of fused-ring (bicyclic) bond motifs is 1. The van der Waals surface area contributed by atoms with Gasteiger partial charge in [-0.05, 0) is 54.2 Å². The molecule has 2 aromatic carbocycles. The van der Waals surface area contributed by atoms with Crippen molar-refractivity contribution < 1.29 is 14.3 Å². The zero-order valence-electron chi connectivity index (χ0n) is 18.8. The van der Waals surface area contributed by atoms with E-state index in [2.05, 4.69) is 19.2 Å². The highest BCUT2D eigenvalue weighted by molar-refractivity contribution is 8.04. The van der Waals surface area contributed by atoms with Gasteiger partial charge >= 0.3 is 0 Å². The van der Waals surface area contributed by atoms with E-state index in [1.807, 2.05) is 54.6 Å². The molecule has 2 aromatic rings. The molecule has 4 rings (SSSR count). The number of methoxy groups -OCH3 is 1. The zero-order valence-corrected chi connectivity index (χ0v) is 19.7. The number of carbonyl (C=O) groups excluding carboxylic acids is 2. The molecular formula is C26H30N2O3S. The van der Waals surface area contributed by atoms with Crippen LogP contribution in [0.3, 0.4) is 0 Å². The summed E-state index contributed by atoms with van der Waals surface area (Å²) in [5.74, 6) is 1.56. The average Bonchev–Trinajstić information content (AvgIpc) is 2.80. The second kappa shape index (κ2) is 9.82. The van der Waals surface area contributed by atoms with Gasteiger partial charge < -0.3 is 10.1 Å². The first-order chi connectivity index (χ1) is 15.5. The van der Waals surface area contributed by atoms with Crippen LogP contribution in [0.5, 0.6) is 5.75 Å². The molecule has 2 aliphatic rings. The number of anilines is 1. The molecule has 0 spiro atoms. The van der Waals surface area contributed by atoms with Gasteiger partial charge in [0, 0.05) is 10.9 Å². The summed E-state index contributed by atoms with van der Waals surface area (Å²) in [6.07, 6.45) is 5.22. The molecule has 0 radical (unpaired) electrons. The van der Waals surface area contributed by atoms with Gasteiger partial charge in [0.2, 0.25) is 5.91 Å². The van der Waals surface area contributed by atoms with Crippen LogP contribution in [0.25, 0.3) is 6.08 Å². The Morgan fingerprint density at radius 3 is 2.66 bits per heavy atom. The van der Waals surface area contributed by atoms with Gasteiger partial charge in [-0.2, -0.15) is 0 Å². The van der Waals surface area contributed by atoms with Crippen molar-refractivity contribution in [1.29, 1.82) is 0 Å². The van der Waals surface area contributed by atoms with E-state index in [4.69, 9.17) is 4.74 Å². The van der Waals surface area contributed by atoms with Crippen molar-refractivity contribution in [2.45, 2.75) is 44.0 Å². The Morgan fingerprint density at radius 1 is 1.16 bits per heavy atom. The van der Waals surface area contributed by atoms with Crippen LogP contribution in [-0.4, -0.2) is 31.5 Å². The number of rotatable bonds is 5. The number of hydrogen-bond donors (Lipinski definition) is 1. The second-order valence-corrected chi connectivity index (χ2v) is 9.77. The van der Waals surface area contributed by atoms with E-state index in [1.54, 1.807) is 12.0 Å². The number of hydrogen-bond acceptors (Lipinski definition) is 4. The van der Waals surface area contributed by atoms with Gasteiger partial charge in [-0.25, -0.2) is 0 Å². The first-order valence-electron chi connectivity index (χ1n) is 11.2. The first-order valence-corrected chi connectivity index (χ1v) is 12.0. The average molecular weight is 451 g/mol. The summed E-state index contributed by atoms with van der Waals surface area (Å²) in [5.41, 5.74) is 1.70. The molecule has 6 heteroatoms. The monoisotopic (exact) mass is 450 g/mol. The quantitative estimate of drug-likeness (QED) is 0.643. The van der Waals surface area contributed by atoms with Crippen LogP contribution >= 0.6 is 11.8 Å². The minimum Gasteiger partial charge on any atom is -0.497 e. The number of amides is 2. The van der Waals surface area contributed by atoms with Crippen molar-refractivity contribution in [3.05, 3.63) is 59.0 Å². The van der Waals surface area contributed by atoms with Crippen LogP contribution in [0, 0.1) is 11.8 Å². The van der Waals surface area contributed by atoms with Gasteiger partial charge in [0.25, 0.3) is 5.91 Å². The third-order valence-corrected chi connectivity index (χ3v) is 7.68. The molecule has 0 bridgehead atoms. The number of nitrogens with zero attached hydrogens (tertiary/aromatic N) is 1. The summed E-state index contributed by atoms with van der Waals surface area (Å²) < 4.78 is 5.22. The first kappa shape index (κ1) is 22.5. The van der Waals surface area contributed by atoms with E-state index in [-0.39, 0.29) is 24.4 Å². The Balaban J connectivity index is 1.55. The van der Waals surface area contributed by atoms with E-state index in [0.717, 1.165) is 34.7 Å². The van der Waals surface area contributed by atoms with E-state index in [9.17, 15) is 9.59 Å². The third kappa shape index (κ3) is 4.85. The fourth-order valence-electron chi connectivity index (χ4n) is 4.45. The fraction of sp³-hybridized carbons (Fsp3) is 0.385. The van der Waals surface area contributed by atoms with Crippen molar-refractivity contribution in [2.24, 2.45) is 11.8 Å². The molecule has 1 saturated carbocycles. The summed E-state index contributed by atoms with van der Waals surface area (Å²) in [4.78, 5) is 29.5. The van der Waals surface area contributed by atoms with Gasteiger partial charge in [-0.3, -0.25) is 14.5 Å². The van der Waals surface area contributed by atoms with E-state index >= 15 is 0 Å². The van der Waals surface area contributed by atoms with E-state index in [0.29, 0.717) is 16.7 Å². The molecular weight excluding hydrogens is 420 g/mol. The molecule has 2 amide bonds. The lowest BCUT2D eigenvalue weighted by molar-refractivity contribution is -0.123. The second-order valence-electron chi connectivity index (χ2n) is 8.68. The normalized spacial score (nSPS) is 24.2. The Bertz CT molecular complexity index is 1020. The maximum atomic E-state index is 13.4. The summed E-state index contributed by atoms with van der Waals surface area (Å²) in [6.45, 7) is 4.48. The number of carbonyl (C=O) groups is 2. The van der Waals surface area contributed by atoms with Crippen molar-refractivity contribution >= 4 is 35.3 Å². The molecule has 3 atom stereocenters. The van der Waals surface area contributed by atoms with Crippen molar-refractivity contribution in [3.63, 3.8) is 0 Å². The summed E-state index contributed by atoms with van der Waals surface area (Å²) >= 11 is 1.44. The fourth-order valence-corrected chi connectivity index (χ4v) is 5.51. The van der Waals surface area contributed by atoms with E-state index < -0.39 is 0 Å². The summed E-state index contributed by atoms with van der Waals surface area (Å²) in [7, 11) is 1.63. The Hall–Kier alpha value is -2.73. The smallest absolute Gasteiger partial charge is 0.265 e. The van der Waals surface area contributed by atoms with Crippen molar-refractivity contribution in [3.8, 4) is 5.75 Å². The molecule has 1 fully saturated rings. The van der Waals surface area contributed by atoms with E-state index in [1.165, 1.54) is 18.2 Å². The molecule has 0 saturated heterocycles. The van der Waals surface area contributed by atoms with Crippen LogP contribution in [0.15, 0.2) is 58.3 Å². The molecule has 5 nitrogen and oxygen atoms in total. The molecule has 0 unspecified atom stereocenters. The largest absolute Gasteiger partial charge is 0.497 e. The van der Waals surface area contributed by atoms with Crippen LogP contribution in [0.4, 0.5) is 5.69 Å². The van der Waals surface area contributed by atoms with Crippen molar-refractivity contribution in [1.82, 2.24) is 5.32 Å². The third-order valence-electron chi connectivity index (χ3n) is 6.60. The highest BCUT2D eigenvalue weighted by Crippen LogP contribution is 2.42. The van der Waals surface area contributed by atoms with Crippen LogP contribution in [-0.2, 0) is 9.59 Å². The Labute approximate surface area is 194 Å². The number of benzene rings is 2. The number of thioether (sulfide) groups is 1. The van der Waals surface area contributed by atoms with Gasteiger partial charge in [0.05, 0.1) is 17.7 Å². The summed E-state index contributed by atoms with van der Waals surface area (Å²) in [5, 5.41) is 3.20. The lowest BCUT2D eigenvalue weighted by Gasteiger charge is -2.35. The molecule has 1 aliphatic heterocycles. The molecule has 1 aliphatic carbocycles. The predicted molar refractivity (Wildman–Crippen MR) is 130 cm³/mol.